The van der Waals surface area contributed by atoms with E-state index in [-0.39, 0.29) is 42.2 Å². The molecule has 1 fully saturated rings. The number of piperidine rings is 1. The first-order chi connectivity index (χ1) is 31.3. The van der Waals surface area contributed by atoms with Crippen molar-refractivity contribution in [3.8, 4) is 17.2 Å². The summed E-state index contributed by atoms with van der Waals surface area (Å²) in [6.07, 6.45) is 4.43. The van der Waals surface area contributed by atoms with Gasteiger partial charge in [-0.1, -0.05) is 32.9 Å². The predicted molar refractivity (Wildman–Crippen MR) is 237 cm³/mol. The fraction of sp³-hybridized carbons (Fsp3) is 0.375. The molecular weight excluding hydrogens is 833 g/mol. The van der Waals surface area contributed by atoms with Crippen molar-refractivity contribution in [2.24, 2.45) is 0 Å². The lowest BCUT2D eigenvalue weighted by Crippen LogP contribution is -2.54. The van der Waals surface area contributed by atoms with E-state index in [0.717, 1.165) is 43.8 Å². The van der Waals surface area contributed by atoms with Gasteiger partial charge in [-0.2, -0.15) is 10.4 Å². The van der Waals surface area contributed by atoms with Gasteiger partial charge in [-0.15, -0.1) is 0 Å². The summed E-state index contributed by atoms with van der Waals surface area (Å²) in [4.78, 5) is 83.4. The largest absolute Gasteiger partial charge is 0.382 e. The molecule has 3 aromatic carbocycles. The summed E-state index contributed by atoms with van der Waals surface area (Å²) < 4.78 is 18.6. The average Bonchev–Trinajstić information content (AvgIpc) is 4.00. The fourth-order valence-corrected chi connectivity index (χ4v) is 8.79. The van der Waals surface area contributed by atoms with E-state index < -0.39 is 35.1 Å². The monoisotopic (exact) mass is 882 g/mol. The van der Waals surface area contributed by atoms with Gasteiger partial charge in [0.1, 0.15) is 12.6 Å². The van der Waals surface area contributed by atoms with Gasteiger partial charge in [-0.05, 0) is 65.9 Å². The van der Waals surface area contributed by atoms with E-state index in [1.54, 1.807) is 53.2 Å². The standard InChI is InChI=1S/C48H50N8O9/c1-5-29-22-34-35(48(2,3)44-42(43(34)59)31-10-9-28(24-49)21-37(31)52-44)23-33(29)30-25-51-55(26-30)27-40(58)54(4)14-16-64-18-20-65-19-17-63-15-13-50-36-8-6-7-32-41(36)47(62)56(46(32)61)38-11-12-39(57)53-45(38)60/h6-10,21-23,25-26,38,50,52H,5,11-20,27H2,1-4H3,(H,53,57,60). The first-order valence-corrected chi connectivity index (χ1v) is 21.7. The van der Waals surface area contributed by atoms with Crippen molar-refractivity contribution < 1.29 is 43.0 Å². The Bertz CT molecular complexity index is 2780. The smallest absolute Gasteiger partial charge is 0.264 e. The third-order valence-electron chi connectivity index (χ3n) is 12.3. The highest BCUT2D eigenvalue weighted by atomic mass is 16.5. The molecule has 3 N–H and O–H groups in total. The zero-order chi connectivity index (χ0) is 46.0. The van der Waals surface area contributed by atoms with Gasteiger partial charge < -0.3 is 29.4 Å². The number of amides is 5. The highest BCUT2D eigenvalue weighted by Crippen LogP contribution is 2.46. The van der Waals surface area contributed by atoms with Gasteiger partial charge in [0, 0.05) is 71.6 Å². The Morgan fingerprint density at radius 3 is 2.43 bits per heavy atom. The first kappa shape index (κ1) is 44.6. The van der Waals surface area contributed by atoms with Crippen molar-refractivity contribution in [1.82, 2.24) is 29.9 Å². The Labute approximate surface area is 375 Å². The lowest BCUT2D eigenvalue weighted by molar-refractivity contribution is -0.136. The lowest BCUT2D eigenvalue weighted by Gasteiger charge is -2.33. The number of ketones is 1. The zero-order valence-corrected chi connectivity index (χ0v) is 36.7. The van der Waals surface area contributed by atoms with Crippen molar-refractivity contribution in [3.05, 3.63) is 106 Å². The van der Waals surface area contributed by atoms with E-state index >= 15 is 0 Å². The van der Waals surface area contributed by atoms with E-state index in [2.05, 4.69) is 53.6 Å². The second kappa shape index (κ2) is 18.6. The Morgan fingerprint density at radius 1 is 0.938 bits per heavy atom. The molecule has 1 aliphatic carbocycles. The lowest BCUT2D eigenvalue weighted by atomic mass is 9.70. The fourth-order valence-electron chi connectivity index (χ4n) is 8.79. The number of nitriles is 1. The van der Waals surface area contributed by atoms with Crippen LogP contribution in [0.1, 0.15) is 92.6 Å². The van der Waals surface area contributed by atoms with Crippen LogP contribution < -0.4 is 10.6 Å². The van der Waals surface area contributed by atoms with Gasteiger partial charge in [-0.25, -0.2) is 0 Å². The maximum atomic E-state index is 14.1. The second-order valence-corrected chi connectivity index (χ2v) is 16.8. The predicted octanol–water partition coefficient (Wildman–Crippen LogP) is 4.36. The number of hydrogen-bond donors (Lipinski definition) is 3. The van der Waals surface area contributed by atoms with Gasteiger partial charge >= 0.3 is 0 Å². The maximum absolute atomic E-state index is 14.1. The Hall–Kier alpha value is -7.00. The number of benzene rings is 3. The van der Waals surface area contributed by atoms with E-state index in [1.807, 2.05) is 18.3 Å². The number of carbonyl (C=O) groups is 6. The summed E-state index contributed by atoms with van der Waals surface area (Å²) in [6, 6.07) is 15.5. The molecule has 0 spiro atoms. The zero-order valence-electron chi connectivity index (χ0n) is 36.7. The third-order valence-corrected chi connectivity index (χ3v) is 12.3. The van der Waals surface area contributed by atoms with Crippen molar-refractivity contribution in [2.45, 2.75) is 58.0 Å². The molecule has 1 saturated heterocycles. The Morgan fingerprint density at radius 2 is 1.69 bits per heavy atom. The minimum Gasteiger partial charge on any atom is -0.382 e. The molecule has 0 bridgehead atoms. The van der Waals surface area contributed by atoms with Crippen LogP contribution in [0.25, 0.3) is 22.0 Å². The molecule has 3 aliphatic rings. The van der Waals surface area contributed by atoms with Crippen molar-refractivity contribution in [1.29, 1.82) is 5.26 Å². The molecule has 0 saturated carbocycles. The summed E-state index contributed by atoms with van der Waals surface area (Å²) in [7, 11) is 1.72. The molecule has 2 aliphatic heterocycles. The number of fused-ring (bicyclic) bond motifs is 5. The number of nitrogens with zero attached hydrogens (tertiary/aromatic N) is 5. The van der Waals surface area contributed by atoms with E-state index in [4.69, 9.17) is 14.2 Å². The molecule has 0 radical (unpaired) electrons. The number of H-pyrrole nitrogens is 1. The van der Waals surface area contributed by atoms with Crippen molar-refractivity contribution in [2.75, 3.05) is 65.1 Å². The van der Waals surface area contributed by atoms with Crippen LogP contribution in [-0.4, -0.2) is 126 Å². The molecule has 4 heterocycles. The van der Waals surface area contributed by atoms with Crippen LogP contribution in [0.15, 0.2) is 60.9 Å². The molecular formula is C48H50N8O9. The number of likely N-dealkylation sites (N-methyl/N-ethyl adjacent to an activating group) is 1. The molecule has 8 rings (SSSR count). The Balaban J connectivity index is 0.740. The minimum absolute atomic E-state index is 0.0427. The van der Waals surface area contributed by atoms with Crippen LogP contribution in [0, 0.1) is 11.3 Å². The number of nitrogens with one attached hydrogen (secondary N) is 3. The highest BCUT2D eigenvalue weighted by molar-refractivity contribution is 6.25. The second-order valence-electron chi connectivity index (χ2n) is 16.8. The number of aromatic amines is 1. The number of ether oxygens (including phenoxy) is 3. The molecule has 5 amide bonds. The molecule has 5 aromatic rings. The molecule has 2 aromatic heterocycles. The molecule has 17 nitrogen and oxygen atoms in total. The van der Waals surface area contributed by atoms with Crippen LogP contribution in [-0.2, 0) is 47.0 Å². The number of carbonyl (C=O) groups excluding carboxylic acids is 6. The molecule has 65 heavy (non-hydrogen) atoms. The SMILES string of the molecule is CCc1cc2c(cc1-c1cnn(CC(=O)N(C)CCOCCOCCOCCNc3cccc4c3C(=O)N(C3CCC(=O)NC3=O)C4=O)c1)C(C)(C)c1[nH]c3cc(C#N)ccc3c1C2=O. The van der Waals surface area contributed by atoms with E-state index in [1.165, 1.54) is 0 Å². The summed E-state index contributed by atoms with van der Waals surface area (Å²) >= 11 is 0. The van der Waals surface area contributed by atoms with Gasteiger partial charge in [0.25, 0.3) is 11.8 Å². The number of anilines is 1. The summed E-state index contributed by atoms with van der Waals surface area (Å²) in [5.41, 5.74) is 7.45. The number of imide groups is 2. The van der Waals surface area contributed by atoms with Crippen LogP contribution in [0.4, 0.5) is 5.69 Å². The van der Waals surface area contributed by atoms with E-state index in [0.29, 0.717) is 81.5 Å². The first-order valence-electron chi connectivity index (χ1n) is 21.7. The van der Waals surface area contributed by atoms with E-state index in [9.17, 15) is 34.0 Å². The molecule has 17 heteroatoms. The molecule has 1 unspecified atom stereocenters. The topological polar surface area (TPSA) is 218 Å². The average molecular weight is 883 g/mol. The molecule has 1 atom stereocenters. The normalized spacial score (nSPS) is 16.3. The summed E-state index contributed by atoms with van der Waals surface area (Å²) in [5, 5.41) is 20.1. The number of rotatable bonds is 18. The number of hydrogen-bond acceptors (Lipinski definition) is 12. The number of aryl methyl sites for hydroxylation is 1. The van der Waals surface area contributed by atoms with Crippen LogP contribution in [0.2, 0.25) is 0 Å². The van der Waals surface area contributed by atoms with Crippen molar-refractivity contribution in [3.63, 3.8) is 0 Å². The highest BCUT2D eigenvalue weighted by Gasteiger charge is 2.46. The summed E-state index contributed by atoms with van der Waals surface area (Å²) in [5.74, 6) is -2.40. The van der Waals surface area contributed by atoms with Crippen LogP contribution >= 0.6 is 0 Å². The van der Waals surface area contributed by atoms with Gasteiger partial charge in [0.2, 0.25) is 17.7 Å². The van der Waals surface area contributed by atoms with Crippen LogP contribution in [0.5, 0.6) is 0 Å². The maximum Gasteiger partial charge on any atom is 0.264 e. The Kier molecular flexibility index (Phi) is 12.8. The van der Waals surface area contributed by atoms with Crippen LogP contribution in [0.3, 0.4) is 0 Å². The van der Waals surface area contributed by atoms with Crippen molar-refractivity contribution >= 4 is 51.9 Å². The van der Waals surface area contributed by atoms with Gasteiger partial charge in [0.05, 0.1) is 74.2 Å². The third kappa shape index (κ3) is 8.67. The number of aromatic nitrogens is 3. The minimum atomic E-state index is -1.03. The summed E-state index contributed by atoms with van der Waals surface area (Å²) in [6.45, 7) is 8.97. The van der Waals surface area contributed by atoms with Gasteiger partial charge in [0.15, 0.2) is 5.78 Å². The molecule has 336 valence electrons. The quantitative estimate of drug-likeness (QED) is 0.0827. The van der Waals surface area contributed by atoms with Gasteiger partial charge in [-0.3, -0.25) is 43.7 Å².